The van der Waals surface area contributed by atoms with Crippen molar-refractivity contribution in [2.24, 2.45) is 5.10 Å². The van der Waals surface area contributed by atoms with Gasteiger partial charge in [-0.2, -0.15) is 5.10 Å². The fourth-order valence-electron chi connectivity index (χ4n) is 2.36. The zero-order valence-corrected chi connectivity index (χ0v) is 13.3. The van der Waals surface area contributed by atoms with Crippen molar-refractivity contribution < 1.29 is 4.79 Å². The minimum absolute atomic E-state index is 0.213. The number of anilines is 1. The standard InChI is InChI=1S/C19H18N4O/c1-14(19(24)23-21-13-16-9-4-5-12-20-16)22-18-11-6-8-15-7-2-3-10-17(15)18/h2-14,22H,1H3,(H,23,24)/b21-13-/t14-/m0/s1. The molecule has 0 unspecified atom stereocenters. The molecule has 0 aliphatic carbocycles. The van der Waals surface area contributed by atoms with Gasteiger partial charge in [-0.25, -0.2) is 5.43 Å². The smallest absolute Gasteiger partial charge is 0.262 e. The van der Waals surface area contributed by atoms with E-state index in [2.05, 4.69) is 20.8 Å². The predicted molar refractivity (Wildman–Crippen MR) is 97.0 cm³/mol. The summed E-state index contributed by atoms with van der Waals surface area (Å²) in [6.07, 6.45) is 3.19. The molecule has 1 heterocycles. The second-order valence-corrected chi connectivity index (χ2v) is 5.38. The Labute approximate surface area is 140 Å². The quantitative estimate of drug-likeness (QED) is 0.561. The molecule has 0 saturated heterocycles. The lowest BCUT2D eigenvalue weighted by molar-refractivity contribution is -0.121. The van der Waals surface area contributed by atoms with E-state index < -0.39 is 6.04 Å². The van der Waals surface area contributed by atoms with Gasteiger partial charge in [0.25, 0.3) is 5.91 Å². The van der Waals surface area contributed by atoms with E-state index in [1.54, 1.807) is 13.1 Å². The SMILES string of the molecule is C[C@H](Nc1cccc2ccccc12)C(=O)N/N=C\c1ccccn1. The van der Waals surface area contributed by atoms with E-state index in [-0.39, 0.29) is 5.91 Å². The van der Waals surface area contributed by atoms with Crippen molar-refractivity contribution in [3.05, 3.63) is 72.6 Å². The average molecular weight is 318 g/mol. The monoisotopic (exact) mass is 318 g/mol. The predicted octanol–water partition coefficient (Wildman–Crippen LogP) is 3.19. The lowest BCUT2D eigenvalue weighted by Crippen LogP contribution is -2.35. The molecule has 120 valence electrons. The third-order valence-electron chi connectivity index (χ3n) is 3.61. The first-order valence-corrected chi connectivity index (χ1v) is 7.72. The topological polar surface area (TPSA) is 66.4 Å². The van der Waals surface area contributed by atoms with Crippen LogP contribution in [-0.4, -0.2) is 23.1 Å². The maximum absolute atomic E-state index is 12.2. The van der Waals surface area contributed by atoms with Crippen LogP contribution >= 0.6 is 0 Å². The molecule has 0 saturated carbocycles. The average Bonchev–Trinajstić information content (AvgIpc) is 2.63. The largest absolute Gasteiger partial charge is 0.373 e. The number of nitrogens with zero attached hydrogens (tertiary/aromatic N) is 2. The van der Waals surface area contributed by atoms with Gasteiger partial charge in [0.2, 0.25) is 0 Å². The third kappa shape index (κ3) is 3.76. The van der Waals surface area contributed by atoms with E-state index in [9.17, 15) is 4.79 Å². The number of carbonyl (C=O) groups is 1. The number of hydrogen-bond donors (Lipinski definition) is 2. The van der Waals surface area contributed by atoms with Gasteiger partial charge in [0.15, 0.2) is 0 Å². The van der Waals surface area contributed by atoms with Gasteiger partial charge in [-0.1, -0.05) is 42.5 Å². The van der Waals surface area contributed by atoms with Crippen molar-refractivity contribution in [3.63, 3.8) is 0 Å². The zero-order valence-electron chi connectivity index (χ0n) is 13.3. The number of benzene rings is 2. The van der Waals surface area contributed by atoms with Crippen LogP contribution < -0.4 is 10.7 Å². The summed E-state index contributed by atoms with van der Waals surface area (Å²) >= 11 is 0. The van der Waals surface area contributed by atoms with Gasteiger partial charge < -0.3 is 5.32 Å². The molecule has 0 aliphatic rings. The van der Waals surface area contributed by atoms with Crippen molar-refractivity contribution in [3.8, 4) is 0 Å². The van der Waals surface area contributed by atoms with Gasteiger partial charge in [0, 0.05) is 17.3 Å². The second-order valence-electron chi connectivity index (χ2n) is 5.38. The van der Waals surface area contributed by atoms with E-state index in [0.717, 1.165) is 16.5 Å². The van der Waals surface area contributed by atoms with Crippen LogP contribution in [0.3, 0.4) is 0 Å². The molecule has 3 rings (SSSR count). The molecule has 5 heteroatoms. The summed E-state index contributed by atoms with van der Waals surface area (Å²) in [5.74, 6) is -0.213. The molecule has 3 aromatic rings. The fourth-order valence-corrected chi connectivity index (χ4v) is 2.36. The Kier molecular flexibility index (Phi) is 4.81. The van der Waals surface area contributed by atoms with Crippen LogP contribution in [0.25, 0.3) is 10.8 Å². The van der Waals surface area contributed by atoms with Crippen molar-refractivity contribution in [1.82, 2.24) is 10.4 Å². The molecule has 0 radical (unpaired) electrons. The maximum Gasteiger partial charge on any atom is 0.262 e. The molecular weight excluding hydrogens is 300 g/mol. The number of aromatic nitrogens is 1. The lowest BCUT2D eigenvalue weighted by Gasteiger charge is -2.15. The number of fused-ring (bicyclic) bond motifs is 1. The Morgan fingerprint density at radius 3 is 2.71 bits per heavy atom. The van der Waals surface area contributed by atoms with Crippen LogP contribution in [0.2, 0.25) is 0 Å². The van der Waals surface area contributed by atoms with Gasteiger partial charge in [-0.05, 0) is 30.5 Å². The lowest BCUT2D eigenvalue weighted by atomic mass is 10.1. The van der Waals surface area contributed by atoms with Gasteiger partial charge in [0.05, 0.1) is 11.9 Å². The van der Waals surface area contributed by atoms with Crippen molar-refractivity contribution >= 4 is 28.6 Å². The van der Waals surface area contributed by atoms with Crippen LogP contribution in [0.15, 0.2) is 72.0 Å². The van der Waals surface area contributed by atoms with Crippen molar-refractivity contribution in [1.29, 1.82) is 0 Å². The van der Waals surface area contributed by atoms with Gasteiger partial charge in [-0.3, -0.25) is 9.78 Å². The minimum Gasteiger partial charge on any atom is -0.373 e. The van der Waals surface area contributed by atoms with E-state index in [1.807, 2.05) is 60.7 Å². The number of rotatable bonds is 5. The molecule has 0 bridgehead atoms. The first-order chi connectivity index (χ1) is 11.7. The van der Waals surface area contributed by atoms with Crippen LogP contribution in [-0.2, 0) is 4.79 Å². The summed E-state index contributed by atoms with van der Waals surface area (Å²) < 4.78 is 0. The molecule has 2 N–H and O–H groups in total. The highest BCUT2D eigenvalue weighted by atomic mass is 16.2. The van der Waals surface area contributed by atoms with E-state index in [0.29, 0.717) is 5.69 Å². The highest BCUT2D eigenvalue weighted by molar-refractivity contribution is 5.96. The summed E-state index contributed by atoms with van der Waals surface area (Å²) in [5, 5.41) is 9.38. The molecule has 24 heavy (non-hydrogen) atoms. The number of hydrogen-bond acceptors (Lipinski definition) is 4. The van der Waals surface area contributed by atoms with E-state index >= 15 is 0 Å². The number of hydrazone groups is 1. The van der Waals surface area contributed by atoms with Crippen LogP contribution in [0.1, 0.15) is 12.6 Å². The molecule has 1 aromatic heterocycles. The summed E-state index contributed by atoms with van der Waals surface area (Å²) in [6, 6.07) is 19.1. The Bertz CT molecular complexity index is 856. The summed E-state index contributed by atoms with van der Waals surface area (Å²) in [6.45, 7) is 1.80. The Balaban J connectivity index is 1.64. The third-order valence-corrected chi connectivity index (χ3v) is 3.61. The molecular formula is C19H18N4O. The van der Waals surface area contributed by atoms with E-state index in [1.165, 1.54) is 6.21 Å². The highest BCUT2D eigenvalue weighted by Crippen LogP contribution is 2.23. The van der Waals surface area contributed by atoms with Crippen LogP contribution in [0.4, 0.5) is 5.69 Å². The first-order valence-electron chi connectivity index (χ1n) is 7.72. The highest BCUT2D eigenvalue weighted by Gasteiger charge is 2.12. The Morgan fingerprint density at radius 2 is 1.88 bits per heavy atom. The van der Waals surface area contributed by atoms with Gasteiger partial charge in [-0.15, -0.1) is 0 Å². The van der Waals surface area contributed by atoms with Crippen LogP contribution in [0, 0.1) is 0 Å². The minimum atomic E-state index is -0.420. The molecule has 0 aliphatic heterocycles. The molecule has 1 atom stereocenters. The normalized spacial score (nSPS) is 12.2. The summed E-state index contributed by atoms with van der Waals surface area (Å²) in [7, 11) is 0. The van der Waals surface area contributed by atoms with Crippen molar-refractivity contribution in [2.75, 3.05) is 5.32 Å². The number of amides is 1. The molecule has 0 spiro atoms. The maximum atomic E-state index is 12.2. The van der Waals surface area contributed by atoms with Crippen LogP contribution in [0.5, 0.6) is 0 Å². The molecule has 0 fully saturated rings. The Morgan fingerprint density at radius 1 is 1.08 bits per heavy atom. The summed E-state index contributed by atoms with van der Waals surface area (Å²) in [4.78, 5) is 16.3. The zero-order chi connectivity index (χ0) is 16.8. The van der Waals surface area contributed by atoms with E-state index in [4.69, 9.17) is 0 Å². The first kappa shape index (κ1) is 15.7. The number of carbonyl (C=O) groups excluding carboxylic acids is 1. The Hall–Kier alpha value is -3.21. The van der Waals surface area contributed by atoms with Gasteiger partial charge >= 0.3 is 0 Å². The van der Waals surface area contributed by atoms with Crippen molar-refractivity contribution in [2.45, 2.75) is 13.0 Å². The number of nitrogens with one attached hydrogen (secondary N) is 2. The molecule has 2 aromatic carbocycles. The number of pyridine rings is 1. The molecule has 5 nitrogen and oxygen atoms in total. The second kappa shape index (κ2) is 7.37. The van der Waals surface area contributed by atoms with Gasteiger partial charge in [0.1, 0.15) is 6.04 Å². The fraction of sp³-hybridized carbons (Fsp3) is 0.105. The summed E-state index contributed by atoms with van der Waals surface area (Å²) in [5.41, 5.74) is 4.14. The molecule has 1 amide bonds.